The Morgan fingerprint density at radius 3 is 1.80 bits per heavy atom. The molecule has 120 valence electrons. The third kappa shape index (κ3) is 6.07. The fraction of sp³-hybridized carbons (Fsp3) is 0.900. The molecule has 0 saturated carbocycles. The predicted molar refractivity (Wildman–Crippen MR) is 63.6 cm³/mol. The van der Waals surface area contributed by atoms with Crippen molar-refractivity contribution in [1.29, 1.82) is 0 Å². The zero-order valence-corrected chi connectivity index (χ0v) is 13.0. The quantitative estimate of drug-likeness (QED) is 0.390. The van der Waals surface area contributed by atoms with Gasteiger partial charge < -0.3 is 4.74 Å². The Bertz CT molecular complexity index is 358. The molecule has 0 bridgehead atoms. The Morgan fingerprint density at radius 2 is 1.55 bits per heavy atom. The van der Waals surface area contributed by atoms with Gasteiger partial charge in [0.05, 0.1) is 0 Å². The Hall–Kier alpha value is -0.180. The Morgan fingerprint density at radius 1 is 1.15 bits per heavy atom. The molecule has 0 aliphatic rings. The number of hydrogen-bond acceptors (Lipinski definition) is 2. The minimum atomic E-state index is -5.27. The summed E-state index contributed by atoms with van der Waals surface area (Å²) in [6.07, 6.45) is -7.25. The number of hydrogen-bond donors (Lipinski definition) is 0. The van der Waals surface area contributed by atoms with Crippen LogP contribution in [0.15, 0.2) is 0 Å². The third-order valence-corrected chi connectivity index (χ3v) is 3.21. The lowest BCUT2D eigenvalue weighted by Gasteiger charge is -2.30. The molecule has 2 nitrogen and oxygen atoms in total. The molecule has 0 spiro atoms. The molecule has 0 aliphatic heterocycles. The van der Waals surface area contributed by atoms with E-state index in [1.807, 2.05) is 0 Å². The molecule has 0 aromatic carbocycles. The van der Waals surface area contributed by atoms with Gasteiger partial charge in [0.15, 0.2) is 5.92 Å². The summed E-state index contributed by atoms with van der Waals surface area (Å²) in [5.41, 5.74) is -1.29. The molecule has 10 heteroatoms. The average Bonchev–Trinajstić information content (AvgIpc) is 2.07. The van der Waals surface area contributed by atoms with Crippen LogP contribution in [0.2, 0.25) is 0 Å². The first kappa shape index (κ1) is 19.8. The van der Waals surface area contributed by atoms with E-state index < -0.39 is 40.0 Å². The number of carbonyl (C=O) groups is 1. The van der Waals surface area contributed by atoms with Crippen LogP contribution in [0, 0.1) is 5.92 Å². The molecule has 2 unspecified atom stereocenters. The number of esters is 1. The Balaban J connectivity index is 5.27. The number of carbonyl (C=O) groups excluding carboxylic acids is 1. The summed E-state index contributed by atoms with van der Waals surface area (Å²) in [7, 11) is 0. The van der Waals surface area contributed by atoms with E-state index in [2.05, 4.69) is 4.74 Å². The zero-order chi connectivity index (χ0) is 16.6. The second kappa shape index (κ2) is 5.90. The Kier molecular flexibility index (Phi) is 5.85. The molecule has 0 N–H and O–H groups in total. The van der Waals surface area contributed by atoms with E-state index in [1.165, 1.54) is 20.8 Å². The minimum Gasteiger partial charge on any atom is -0.459 e. The van der Waals surface area contributed by atoms with Gasteiger partial charge in [-0.15, -0.1) is 0 Å². The monoisotopic (exact) mass is 392 g/mol. The summed E-state index contributed by atoms with van der Waals surface area (Å²) in [6.45, 7) is 3.84. The lowest BCUT2D eigenvalue weighted by molar-refractivity contribution is -0.211. The first-order chi connectivity index (χ1) is 8.47. The lowest BCUT2D eigenvalue weighted by atomic mass is 10.0. The van der Waals surface area contributed by atoms with Crippen molar-refractivity contribution in [3.63, 3.8) is 0 Å². The van der Waals surface area contributed by atoms with Gasteiger partial charge >= 0.3 is 17.0 Å². The molecule has 0 aromatic heterocycles. The average molecular weight is 394 g/mol. The van der Waals surface area contributed by atoms with Crippen molar-refractivity contribution in [2.75, 3.05) is 0 Å². The molecule has 0 fully saturated rings. The standard InChI is InChI=1S/C10H12BrClF6O2/c1-7(2,3)20-6(19)5(9(14,15)16)4-8(12,13)10(11,17)18/h5H,4H2,1-3H3. The van der Waals surface area contributed by atoms with E-state index in [9.17, 15) is 31.1 Å². The van der Waals surface area contributed by atoms with Crippen LogP contribution < -0.4 is 0 Å². The highest BCUT2D eigenvalue weighted by Gasteiger charge is 2.59. The van der Waals surface area contributed by atoms with E-state index in [0.717, 1.165) is 0 Å². The maximum Gasteiger partial charge on any atom is 0.402 e. The molecule has 20 heavy (non-hydrogen) atoms. The van der Waals surface area contributed by atoms with Gasteiger partial charge in [-0.05, 0) is 36.7 Å². The van der Waals surface area contributed by atoms with Gasteiger partial charge in [-0.1, -0.05) is 11.6 Å². The van der Waals surface area contributed by atoms with Crippen molar-refractivity contribution in [3.05, 3.63) is 0 Å². The predicted octanol–water partition coefficient (Wildman–Crippen LogP) is 4.79. The number of ether oxygens (including phenoxy) is 1. The van der Waals surface area contributed by atoms with Gasteiger partial charge in [0, 0.05) is 6.42 Å². The van der Waals surface area contributed by atoms with Crippen LogP contribution in [0.1, 0.15) is 27.2 Å². The molecular weight excluding hydrogens is 381 g/mol. The van der Waals surface area contributed by atoms with Crippen molar-refractivity contribution >= 4 is 33.5 Å². The van der Waals surface area contributed by atoms with E-state index in [0.29, 0.717) is 0 Å². The maximum absolute atomic E-state index is 13.4. The number of alkyl halides is 8. The van der Waals surface area contributed by atoms with Crippen LogP contribution in [0.3, 0.4) is 0 Å². The van der Waals surface area contributed by atoms with E-state index in [-0.39, 0.29) is 0 Å². The van der Waals surface area contributed by atoms with Crippen molar-refractivity contribution in [1.82, 2.24) is 0 Å². The van der Waals surface area contributed by atoms with E-state index in [1.54, 1.807) is 15.9 Å². The number of halogens is 8. The topological polar surface area (TPSA) is 26.3 Å². The SMILES string of the molecule is CC(C)(C)OC(=O)C(CC(F)(Cl)C(F)(F)Br)C(F)(F)F. The van der Waals surface area contributed by atoms with Crippen molar-refractivity contribution in [2.45, 2.75) is 48.9 Å². The van der Waals surface area contributed by atoms with Gasteiger partial charge in [0.2, 0.25) is 0 Å². The fourth-order valence-electron chi connectivity index (χ4n) is 1.08. The zero-order valence-electron chi connectivity index (χ0n) is 10.6. The molecule has 0 radical (unpaired) electrons. The van der Waals surface area contributed by atoms with Gasteiger partial charge in [0.25, 0.3) is 5.13 Å². The molecule has 0 saturated heterocycles. The molecule has 0 rings (SSSR count). The third-order valence-electron chi connectivity index (χ3n) is 1.96. The van der Waals surface area contributed by atoms with Gasteiger partial charge in [-0.3, -0.25) is 4.79 Å². The van der Waals surface area contributed by atoms with Crippen molar-refractivity contribution < 1.29 is 35.9 Å². The molecular formula is C10H12BrClF6O2. The van der Waals surface area contributed by atoms with Gasteiger partial charge in [-0.2, -0.15) is 22.0 Å². The highest BCUT2D eigenvalue weighted by atomic mass is 79.9. The first-order valence-corrected chi connectivity index (χ1v) is 6.38. The molecule has 0 heterocycles. The second-order valence-electron chi connectivity index (χ2n) is 5.03. The lowest BCUT2D eigenvalue weighted by Crippen LogP contribution is -2.44. The fourth-order valence-corrected chi connectivity index (χ4v) is 1.39. The first-order valence-electron chi connectivity index (χ1n) is 5.21. The van der Waals surface area contributed by atoms with Crippen LogP contribution in [-0.2, 0) is 9.53 Å². The molecule has 0 amide bonds. The Labute approximate surface area is 124 Å². The highest BCUT2D eigenvalue weighted by molar-refractivity contribution is 9.10. The smallest absolute Gasteiger partial charge is 0.402 e. The molecule has 2 atom stereocenters. The van der Waals surface area contributed by atoms with Gasteiger partial charge in [0.1, 0.15) is 5.60 Å². The molecule has 0 aliphatic carbocycles. The second-order valence-corrected chi connectivity index (χ2v) is 6.63. The summed E-state index contributed by atoms with van der Waals surface area (Å²) in [5.74, 6) is -4.97. The summed E-state index contributed by atoms with van der Waals surface area (Å²) < 4.78 is 81.4. The van der Waals surface area contributed by atoms with Crippen LogP contribution in [0.5, 0.6) is 0 Å². The summed E-state index contributed by atoms with van der Waals surface area (Å²) in [4.78, 5) is 6.95. The van der Waals surface area contributed by atoms with Crippen LogP contribution >= 0.6 is 27.5 Å². The van der Waals surface area contributed by atoms with Crippen LogP contribution in [-0.4, -0.2) is 27.7 Å². The normalized spacial score (nSPS) is 18.4. The summed E-state index contributed by atoms with van der Waals surface area (Å²) >= 11 is 6.30. The molecule has 0 aromatic rings. The minimum absolute atomic E-state index is 1.28. The van der Waals surface area contributed by atoms with E-state index >= 15 is 0 Å². The number of rotatable bonds is 4. The van der Waals surface area contributed by atoms with Crippen LogP contribution in [0.25, 0.3) is 0 Å². The largest absolute Gasteiger partial charge is 0.459 e. The van der Waals surface area contributed by atoms with Crippen molar-refractivity contribution in [2.24, 2.45) is 5.92 Å². The highest BCUT2D eigenvalue weighted by Crippen LogP contribution is 2.48. The maximum atomic E-state index is 13.4. The summed E-state index contributed by atoms with van der Waals surface area (Å²) in [5, 5.41) is -4.09. The van der Waals surface area contributed by atoms with Crippen LogP contribution in [0.4, 0.5) is 26.3 Å². The van der Waals surface area contributed by atoms with Crippen molar-refractivity contribution in [3.8, 4) is 0 Å². The van der Waals surface area contributed by atoms with Gasteiger partial charge in [-0.25, -0.2) is 4.39 Å². The van der Waals surface area contributed by atoms with E-state index in [4.69, 9.17) is 11.6 Å². The summed E-state index contributed by atoms with van der Waals surface area (Å²) in [6, 6.07) is 0.